The maximum absolute atomic E-state index is 12.7. The van der Waals surface area contributed by atoms with Gasteiger partial charge in [0.2, 0.25) is 11.6 Å². The van der Waals surface area contributed by atoms with Crippen molar-refractivity contribution in [2.45, 2.75) is 6.92 Å². The molecule has 5 nitrogen and oxygen atoms in total. The lowest BCUT2D eigenvalue weighted by molar-refractivity contribution is -0.111. The molecule has 9 heteroatoms. The van der Waals surface area contributed by atoms with Gasteiger partial charge in [-0.05, 0) is 93.9 Å². The molecule has 0 fully saturated rings. The first kappa shape index (κ1) is 22.6. The van der Waals surface area contributed by atoms with Crippen LogP contribution in [0.25, 0.3) is 5.57 Å². The lowest BCUT2D eigenvalue weighted by Gasteiger charge is -2.35. The number of Topliss-reactive ketones (excluding diaryl/α,β-unsaturated/α-hetero) is 2. The van der Waals surface area contributed by atoms with E-state index in [-0.39, 0.29) is 32.9 Å². The van der Waals surface area contributed by atoms with Crippen LogP contribution in [0.5, 0.6) is 0 Å². The highest BCUT2D eigenvalue weighted by Crippen LogP contribution is 2.51. The van der Waals surface area contributed by atoms with Gasteiger partial charge in [0.1, 0.15) is 14.7 Å². The Labute approximate surface area is 211 Å². The zero-order chi connectivity index (χ0) is 22.4. The molecule has 1 aromatic carbocycles. The molecule has 0 radical (unpaired) electrons. The Balaban J connectivity index is 2.08. The lowest BCUT2D eigenvalue weighted by atomic mass is 9.79. The lowest BCUT2D eigenvalue weighted by Crippen LogP contribution is -2.26. The third-order valence-corrected chi connectivity index (χ3v) is 7.57. The summed E-state index contributed by atoms with van der Waals surface area (Å²) in [6.07, 6.45) is 3.40. The number of allylic oxidation sites excluding steroid dienone is 6. The van der Waals surface area contributed by atoms with E-state index in [4.69, 9.17) is 9.47 Å². The van der Waals surface area contributed by atoms with Crippen molar-refractivity contribution in [2.75, 3.05) is 6.61 Å². The highest BCUT2D eigenvalue weighted by Gasteiger charge is 2.41. The summed E-state index contributed by atoms with van der Waals surface area (Å²) in [7, 11) is 0. The molecule has 0 bridgehead atoms. The van der Waals surface area contributed by atoms with Crippen molar-refractivity contribution in [3.8, 4) is 0 Å². The molecule has 1 atom stereocenters. The predicted octanol–water partition coefficient (Wildman–Crippen LogP) is 6.20. The summed E-state index contributed by atoms with van der Waals surface area (Å²) in [6, 6.07) is 7.07. The van der Waals surface area contributed by atoms with Crippen LogP contribution >= 0.6 is 63.7 Å². The number of fused-ring (bicyclic) bond motifs is 2. The van der Waals surface area contributed by atoms with Crippen LogP contribution in [0, 0.1) is 5.92 Å². The van der Waals surface area contributed by atoms with Crippen LogP contribution in [0.1, 0.15) is 22.8 Å². The Morgan fingerprint density at radius 1 is 1.03 bits per heavy atom. The van der Waals surface area contributed by atoms with Gasteiger partial charge in [0.05, 0.1) is 27.1 Å². The molecule has 2 aliphatic carbocycles. The van der Waals surface area contributed by atoms with E-state index >= 15 is 0 Å². The number of halogens is 4. The molecule has 158 valence electrons. The van der Waals surface area contributed by atoms with Gasteiger partial charge in [0.15, 0.2) is 5.76 Å². The second-order valence-electron chi connectivity index (χ2n) is 6.66. The van der Waals surface area contributed by atoms with Crippen molar-refractivity contribution in [1.29, 1.82) is 0 Å². The largest absolute Gasteiger partial charge is 0.462 e. The molecule has 1 aromatic rings. The minimum atomic E-state index is -0.485. The minimum Gasteiger partial charge on any atom is -0.462 e. The molecule has 1 heterocycles. The maximum atomic E-state index is 12.7. The van der Waals surface area contributed by atoms with E-state index in [1.807, 2.05) is 12.1 Å². The quantitative estimate of drug-likeness (QED) is 0.357. The number of ketones is 2. The molecule has 0 saturated carbocycles. The monoisotopic (exact) mass is 672 g/mol. The fraction of sp³-hybridized carbons (Fsp3) is 0.136. The predicted molar refractivity (Wildman–Crippen MR) is 130 cm³/mol. The summed E-state index contributed by atoms with van der Waals surface area (Å²) < 4.78 is 12.5. The van der Waals surface area contributed by atoms with Crippen LogP contribution in [-0.2, 0) is 19.1 Å². The Hall–Kier alpha value is -1.55. The molecule has 3 aliphatic rings. The van der Waals surface area contributed by atoms with Crippen LogP contribution in [0.2, 0.25) is 0 Å². The minimum absolute atomic E-state index is 0.218. The fourth-order valence-electron chi connectivity index (χ4n) is 3.55. The van der Waals surface area contributed by atoms with Crippen LogP contribution < -0.4 is 0 Å². The van der Waals surface area contributed by atoms with E-state index in [0.29, 0.717) is 37.0 Å². The van der Waals surface area contributed by atoms with Crippen molar-refractivity contribution in [2.24, 2.45) is 5.92 Å². The van der Waals surface area contributed by atoms with Crippen molar-refractivity contribution >= 4 is 86.8 Å². The normalized spacial score (nSPS) is 20.7. The average Bonchev–Trinajstić information content (AvgIpc) is 2.75. The van der Waals surface area contributed by atoms with Crippen molar-refractivity contribution in [3.05, 3.63) is 82.6 Å². The number of benzene rings is 1. The fourth-order valence-corrected chi connectivity index (χ4v) is 6.02. The average molecular weight is 676 g/mol. The van der Waals surface area contributed by atoms with Crippen LogP contribution in [-0.4, -0.2) is 24.1 Å². The van der Waals surface area contributed by atoms with Gasteiger partial charge in [-0.25, -0.2) is 4.79 Å². The second-order valence-corrected chi connectivity index (χ2v) is 9.95. The number of rotatable bonds is 3. The summed E-state index contributed by atoms with van der Waals surface area (Å²) >= 11 is 13.3. The van der Waals surface area contributed by atoms with Crippen molar-refractivity contribution in [1.82, 2.24) is 0 Å². The molecule has 4 rings (SSSR count). The molecule has 31 heavy (non-hydrogen) atoms. The maximum Gasteiger partial charge on any atom is 0.338 e. The first-order chi connectivity index (χ1) is 14.8. The number of esters is 1. The van der Waals surface area contributed by atoms with Gasteiger partial charge in [-0.1, -0.05) is 24.3 Å². The van der Waals surface area contributed by atoms with Crippen molar-refractivity contribution in [3.63, 3.8) is 0 Å². The zero-order valence-corrected chi connectivity index (χ0v) is 22.1. The van der Waals surface area contributed by atoms with E-state index in [1.54, 1.807) is 31.2 Å². The van der Waals surface area contributed by atoms with Crippen LogP contribution in [0.15, 0.2) is 71.4 Å². The third kappa shape index (κ3) is 3.79. The molecule has 1 unspecified atom stereocenters. The van der Waals surface area contributed by atoms with E-state index < -0.39 is 11.9 Å². The van der Waals surface area contributed by atoms with Crippen LogP contribution in [0.3, 0.4) is 0 Å². The number of carbonyl (C=O) groups is 3. The number of ether oxygens (including phenoxy) is 2. The third-order valence-electron chi connectivity index (χ3n) is 4.89. The molecular formula is C22H12Br4O5. The van der Waals surface area contributed by atoms with E-state index in [9.17, 15) is 14.4 Å². The Morgan fingerprint density at radius 2 is 1.71 bits per heavy atom. The first-order valence-corrected chi connectivity index (χ1v) is 12.3. The standard InChI is InChI=1S/C22H12Br4O5/c1-2-30-22(29)10-6-4-3-5-9(10)15-11-7-13(23)18(27)16(25)20(11)31-21-12(15)8-14(24)19(28)17(21)26/h3-8,11H,2H2,1H3. The van der Waals surface area contributed by atoms with Gasteiger partial charge in [-0.2, -0.15) is 0 Å². The Bertz CT molecular complexity index is 1220. The smallest absolute Gasteiger partial charge is 0.338 e. The Kier molecular flexibility index (Phi) is 6.40. The summed E-state index contributed by atoms with van der Waals surface area (Å²) in [5.41, 5.74) is 2.33. The van der Waals surface area contributed by atoms with E-state index in [0.717, 1.165) is 0 Å². The molecule has 0 amide bonds. The SMILES string of the molecule is CCOC(=O)c1ccccc1C1=C2C=C(Br)C(=O)C(Br)=C2OC2=C(Br)C(=O)C(Br)=CC21. The Morgan fingerprint density at radius 3 is 2.42 bits per heavy atom. The summed E-state index contributed by atoms with van der Waals surface area (Å²) in [5, 5.41) is 0. The number of hydrogen-bond donors (Lipinski definition) is 0. The van der Waals surface area contributed by atoms with E-state index in [2.05, 4.69) is 63.7 Å². The van der Waals surface area contributed by atoms with E-state index in [1.165, 1.54) is 0 Å². The highest BCUT2D eigenvalue weighted by atomic mass is 79.9. The summed E-state index contributed by atoms with van der Waals surface area (Å²) in [6.45, 7) is 1.98. The second kappa shape index (κ2) is 8.77. The van der Waals surface area contributed by atoms with Gasteiger partial charge in [0.25, 0.3) is 0 Å². The van der Waals surface area contributed by atoms with Crippen LogP contribution in [0.4, 0.5) is 0 Å². The molecule has 0 saturated heterocycles. The highest BCUT2D eigenvalue weighted by molar-refractivity contribution is 9.13. The summed E-state index contributed by atoms with van der Waals surface area (Å²) in [4.78, 5) is 37.8. The van der Waals surface area contributed by atoms with Gasteiger partial charge >= 0.3 is 5.97 Å². The molecule has 0 aromatic heterocycles. The molecule has 1 aliphatic heterocycles. The molecular weight excluding hydrogens is 664 g/mol. The van der Waals surface area contributed by atoms with Crippen molar-refractivity contribution < 1.29 is 23.9 Å². The zero-order valence-electron chi connectivity index (χ0n) is 15.8. The number of carbonyl (C=O) groups excluding carboxylic acids is 3. The topological polar surface area (TPSA) is 69.7 Å². The van der Waals surface area contributed by atoms with Gasteiger partial charge < -0.3 is 9.47 Å². The molecule has 0 spiro atoms. The van der Waals surface area contributed by atoms with Gasteiger partial charge in [-0.3, -0.25) is 9.59 Å². The molecule has 0 N–H and O–H groups in total. The van der Waals surface area contributed by atoms with Gasteiger partial charge in [-0.15, -0.1) is 0 Å². The summed E-state index contributed by atoms with van der Waals surface area (Å²) in [5.74, 6) is -0.882. The number of hydrogen-bond acceptors (Lipinski definition) is 5. The van der Waals surface area contributed by atoms with Gasteiger partial charge in [0, 0.05) is 5.57 Å². The first-order valence-electron chi connectivity index (χ1n) is 9.08.